The van der Waals surface area contributed by atoms with E-state index in [4.69, 9.17) is 20.0 Å². The highest BCUT2D eigenvalue weighted by atomic mass is 16.6. The predicted octanol–water partition coefficient (Wildman–Crippen LogP) is 1.78. The number of rotatable bonds is 5. The van der Waals surface area contributed by atoms with Crippen molar-refractivity contribution < 1.29 is 28.8 Å². The third-order valence-electron chi connectivity index (χ3n) is 2.44. The van der Waals surface area contributed by atoms with Crippen LogP contribution in [-0.2, 0) is 0 Å². The van der Waals surface area contributed by atoms with Gasteiger partial charge in [-0.3, -0.25) is 14.9 Å². The quantitative estimate of drug-likeness (QED) is 0.630. The van der Waals surface area contributed by atoms with Gasteiger partial charge in [0.1, 0.15) is 0 Å². The van der Waals surface area contributed by atoms with Gasteiger partial charge < -0.3 is 20.0 Å². The Balaban J connectivity index is 2.36. The number of nitro benzene ring substituents is 1. The van der Waals surface area contributed by atoms with Crippen molar-refractivity contribution in [2.45, 2.75) is 0 Å². The van der Waals surface area contributed by atoms with Crippen molar-refractivity contribution >= 4 is 17.6 Å². The summed E-state index contributed by atoms with van der Waals surface area (Å²) in [6.45, 7) is 0. The van der Waals surface area contributed by atoms with Gasteiger partial charge in [0.25, 0.3) is 5.95 Å². The summed E-state index contributed by atoms with van der Waals surface area (Å²) < 4.78 is 9.94. The van der Waals surface area contributed by atoms with Crippen LogP contribution in [0.4, 0.5) is 5.69 Å². The molecule has 1 heterocycles. The van der Waals surface area contributed by atoms with Gasteiger partial charge in [-0.15, -0.1) is 0 Å². The third-order valence-corrected chi connectivity index (χ3v) is 2.44. The summed E-state index contributed by atoms with van der Waals surface area (Å²) in [5.74, 6) is -2.95. The molecule has 0 aliphatic carbocycles. The third kappa shape index (κ3) is 2.97. The van der Waals surface area contributed by atoms with Crippen molar-refractivity contribution in [2.75, 3.05) is 0 Å². The van der Waals surface area contributed by atoms with Crippen molar-refractivity contribution in [3.05, 3.63) is 51.8 Å². The summed E-state index contributed by atoms with van der Waals surface area (Å²) in [6.07, 6.45) is 0. The molecule has 1 amide bonds. The fourth-order valence-corrected chi connectivity index (χ4v) is 1.50. The van der Waals surface area contributed by atoms with Crippen LogP contribution in [0.15, 0.2) is 34.7 Å². The molecule has 2 aromatic rings. The minimum Gasteiger partial charge on any atom is -0.475 e. The van der Waals surface area contributed by atoms with Crippen molar-refractivity contribution in [2.24, 2.45) is 5.73 Å². The number of nitro groups is 1. The lowest BCUT2D eigenvalue weighted by Crippen LogP contribution is -2.11. The molecule has 3 N–H and O–H groups in total. The van der Waals surface area contributed by atoms with E-state index in [1.54, 1.807) is 0 Å². The molecule has 0 atom stereocenters. The number of amides is 1. The van der Waals surface area contributed by atoms with E-state index in [-0.39, 0.29) is 23.0 Å². The molecule has 0 saturated heterocycles. The van der Waals surface area contributed by atoms with E-state index >= 15 is 0 Å². The molecule has 0 radical (unpaired) electrons. The summed E-state index contributed by atoms with van der Waals surface area (Å²) in [4.78, 5) is 31.8. The molecule has 0 unspecified atom stereocenters. The Morgan fingerprint density at radius 1 is 1.29 bits per heavy atom. The molecule has 0 bridgehead atoms. The Morgan fingerprint density at radius 3 is 2.52 bits per heavy atom. The van der Waals surface area contributed by atoms with Gasteiger partial charge in [-0.25, -0.2) is 4.79 Å². The summed E-state index contributed by atoms with van der Waals surface area (Å²) in [6, 6.07) is 5.71. The number of carboxylic acids is 1. The molecular weight excluding hydrogens is 284 g/mol. The lowest BCUT2D eigenvalue weighted by Gasteiger charge is -2.04. The second-order valence-corrected chi connectivity index (χ2v) is 3.83. The SMILES string of the molecule is NC(=O)c1ccc(Oc2ccc(C(=O)O)o2)c([N+](=O)[O-])c1. The van der Waals surface area contributed by atoms with Gasteiger partial charge in [-0.1, -0.05) is 0 Å². The van der Waals surface area contributed by atoms with Crippen LogP contribution in [0.25, 0.3) is 0 Å². The van der Waals surface area contributed by atoms with Crippen LogP contribution >= 0.6 is 0 Å². The van der Waals surface area contributed by atoms with Gasteiger partial charge in [-0.2, -0.15) is 0 Å². The van der Waals surface area contributed by atoms with E-state index in [2.05, 4.69) is 0 Å². The molecule has 0 spiro atoms. The van der Waals surface area contributed by atoms with E-state index in [1.165, 1.54) is 18.2 Å². The van der Waals surface area contributed by atoms with E-state index < -0.39 is 22.5 Å². The lowest BCUT2D eigenvalue weighted by atomic mass is 10.2. The minimum atomic E-state index is -1.30. The number of benzene rings is 1. The maximum absolute atomic E-state index is 11.0. The second kappa shape index (κ2) is 5.33. The van der Waals surface area contributed by atoms with E-state index in [1.807, 2.05) is 0 Å². The second-order valence-electron chi connectivity index (χ2n) is 3.83. The first-order valence-electron chi connectivity index (χ1n) is 5.47. The van der Waals surface area contributed by atoms with E-state index in [0.717, 1.165) is 12.1 Å². The highest BCUT2D eigenvalue weighted by Crippen LogP contribution is 2.32. The van der Waals surface area contributed by atoms with Crippen LogP contribution < -0.4 is 10.5 Å². The molecule has 9 heteroatoms. The fourth-order valence-electron chi connectivity index (χ4n) is 1.50. The van der Waals surface area contributed by atoms with Gasteiger partial charge >= 0.3 is 11.7 Å². The molecule has 0 fully saturated rings. The average molecular weight is 292 g/mol. The normalized spacial score (nSPS) is 10.1. The zero-order valence-electron chi connectivity index (χ0n) is 10.3. The van der Waals surface area contributed by atoms with E-state index in [9.17, 15) is 19.7 Å². The van der Waals surface area contributed by atoms with Crippen LogP contribution in [0.5, 0.6) is 11.7 Å². The van der Waals surface area contributed by atoms with Gasteiger partial charge in [0.05, 0.1) is 4.92 Å². The Kier molecular flexibility index (Phi) is 3.57. The number of furan rings is 1. The molecule has 9 nitrogen and oxygen atoms in total. The number of aromatic carboxylic acids is 1. The average Bonchev–Trinajstić information content (AvgIpc) is 2.87. The summed E-state index contributed by atoms with van der Waals surface area (Å²) >= 11 is 0. The maximum atomic E-state index is 11.0. The van der Waals surface area contributed by atoms with Crippen LogP contribution in [0, 0.1) is 10.1 Å². The van der Waals surface area contributed by atoms with Gasteiger partial charge in [0, 0.05) is 17.7 Å². The molecule has 0 aliphatic heterocycles. The zero-order valence-corrected chi connectivity index (χ0v) is 10.3. The molecule has 21 heavy (non-hydrogen) atoms. The lowest BCUT2D eigenvalue weighted by molar-refractivity contribution is -0.385. The summed E-state index contributed by atoms with van der Waals surface area (Å²) in [5, 5.41) is 19.6. The highest BCUT2D eigenvalue weighted by Gasteiger charge is 2.20. The van der Waals surface area contributed by atoms with Crippen molar-refractivity contribution in [1.29, 1.82) is 0 Å². The van der Waals surface area contributed by atoms with Gasteiger partial charge in [0.2, 0.25) is 17.4 Å². The van der Waals surface area contributed by atoms with Crippen molar-refractivity contribution in [3.63, 3.8) is 0 Å². The van der Waals surface area contributed by atoms with Gasteiger partial charge in [0.15, 0.2) is 0 Å². The number of carbonyl (C=O) groups excluding carboxylic acids is 1. The first kappa shape index (κ1) is 14.1. The maximum Gasteiger partial charge on any atom is 0.371 e. The molecule has 2 rings (SSSR count). The Hall–Kier alpha value is -3.36. The predicted molar refractivity (Wildman–Crippen MR) is 67.4 cm³/mol. The smallest absolute Gasteiger partial charge is 0.371 e. The molecule has 1 aromatic carbocycles. The number of hydrogen-bond donors (Lipinski definition) is 2. The molecule has 1 aromatic heterocycles. The fraction of sp³-hybridized carbons (Fsp3) is 0. The largest absolute Gasteiger partial charge is 0.475 e. The standard InChI is InChI=1S/C12H8N2O7/c13-11(15)6-1-2-8(7(5-6)14(18)19)20-10-4-3-9(21-10)12(16)17/h1-5H,(H2,13,15)(H,16,17). The van der Waals surface area contributed by atoms with Crippen LogP contribution in [-0.4, -0.2) is 21.9 Å². The number of ether oxygens (including phenoxy) is 1. The Morgan fingerprint density at radius 2 is 2.00 bits per heavy atom. The number of primary amides is 1. The number of carbonyl (C=O) groups is 2. The first-order valence-corrected chi connectivity index (χ1v) is 5.47. The highest BCUT2D eigenvalue weighted by molar-refractivity contribution is 5.93. The van der Waals surface area contributed by atoms with Crippen molar-refractivity contribution in [1.82, 2.24) is 0 Å². The number of nitrogens with zero attached hydrogens (tertiary/aromatic N) is 1. The Bertz CT molecular complexity index is 735. The molecular formula is C12H8N2O7. The number of hydrogen-bond acceptors (Lipinski definition) is 6. The first-order chi connectivity index (χ1) is 9.88. The number of nitrogens with two attached hydrogens (primary N) is 1. The summed E-state index contributed by atoms with van der Waals surface area (Å²) in [7, 11) is 0. The van der Waals surface area contributed by atoms with E-state index in [0.29, 0.717) is 0 Å². The van der Waals surface area contributed by atoms with Crippen LogP contribution in [0.1, 0.15) is 20.9 Å². The van der Waals surface area contributed by atoms with Crippen molar-refractivity contribution in [3.8, 4) is 11.7 Å². The molecule has 0 aliphatic rings. The monoisotopic (exact) mass is 292 g/mol. The van der Waals surface area contributed by atoms with Crippen LogP contribution in [0.3, 0.4) is 0 Å². The van der Waals surface area contributed by atoms with Crippen LogP contribution in [0.2, 0.25) is 0 Å². The topological polar surface area (TPSA) is 146 Å². The zero-order chi connectivity index (χ0) is 15.6. The molecule has 108 valence electrons. The minimum absolute atomic E-state index is 0.0558. The van der Waals surface area contributed by atoms with Gasteiger partial charge in [-0.05, 0) is 18.2 Å². The molecule has 0 saturated carbocycles. The number of carboxylic acid groups (broad SMARTS) is 1. The summed E-state index contributed by atoms with van der Waals surface area (Å²) in [5.41, 5.74) is 4.48. The Labute approximate surface area is 116 Å².